The van der Waals surface area contributed by atoms with Crippen LogP contribution >= 0.6 is 0 Å². The van der Waals surface area contributed by atoms with Crippen molar-refractivity contribution in [2.24, 2.45) is 17.8 Å². The number of hydrogen-bond donors (Lipinski definition) is 0. The molecule has 1 fully saturated rings. The Bertz CT molecular complexity index is 1700. The lowest BCUT2D eigenvalue weighted by Gasteiger charge is -2.38. The highest BCUT2D eigenvalue weighted by atomic mass is 16.5. The van der Waals surface area contributed by atoms with Crippen LogP contribution in [0.25, 0.3) is 16.3 Å². The van der Waals surface area contributed by atoms with E-state index in [4.69, 9.17) is 4.74 Å². The summed E-state index contributed by atoms with van der Waals surface area (Å²) >= 11 is 0. The second kappa shape index (κ2) is 8.25. The summed E-state index contributed by atoms with van der Waals surface area (Å²) in [5, 5.41) is 1.98. The van der Waals surface area contributed by atoms with E-state index in [0.29, 0.717) is 11.4 Å². The number of ether oxygens (including phenoxy) is 1. The highest BCUT2D eigenvalue weighted by Crippen LogP contribution is 2.55. The number of imide groups is 1. The van der Waals surface area contributed by atoms with Crippen LogP contribution in [-0.2, 0) is 14.4 Å². The van der Waals surface area contributed by atoms with E-state index in [-0.39, 0.29) is 17.7 Å². The summed E-state index contributed by atoms with van der Waals surface area (Å²) in [5.74, 6) is -3.38. The second-order valence-electron chi connectivity index (χ2n) is 10.5. The Kier molecular flexibility index (Phi) is 4.92. The molecular weight excluding hydrogens is 474 g/mol. The molecule has 3 aliphatic rings. The van der Waals surface area contributed by atoms with Crippen molar-refractivity contribution in [2.75, 3.05) is 4.90 Å². The number of aryl methyl sites for hydroxylation is 2. The third-order valence-electron chi connectivity index (χ3n) is 8.27. The number of nitrogens with zero attached hydrogens (tertiary/aromatic N) is 1. The predicted molar refractivity (Wildman–Crippen MR) is 146 cm³/mol. The zero-order valence-corrected chi connectivity index (χ0v) is 21.0. The Morgan fingerprint density at radius 2 is 1.50 bits per heavy atom. The molecule has 5 nitrogen and oxygen atoms in total. The SMILES string of the molecule is Cc1ccc(C)c(N2C(=O)[C@@H]3[C@@H]4C(=O)Oc5ccc6ccccc6c5C4=C[C@@H](c4ccccc4)[C@@H]3C2=O)c1. The molecule has 2 amide bonds. The maximum atomic E-state index is 14.2. The molecule has 0 aromatic heterocycles. The van der Waals surface area contributed by atoms with Crippen LogP contribution in [0.3, 0.4) is 0 Å². The summed E-state index contributed by atoms with van der Waals surface area (Å²) in [6, 6.07) is 27.3. The van der Waals surface area contributed by atoms with Gasteiger partial charge in [-0.1, -0.05) is 78.9 Å². The van der Waals surface area contributed by atoms with Gasteiger partial charge >= 0.3 is 5.97 Å². The highest BCUT2D eigenvalue weighted by Gasteiger charge is 2.60. The highest BCUT2D eigenvalue weighted by molar-refractivity contribution is 6.25. The van der Waals surface area contributed by atoms with Gasteiger partial charge in [-0.05, 0) is 59.0 Å². The standard InChI is InChI=1S/C33H25NO4/c1-18-12-13-19(2)25(16-18)34-31(35)28-23(20-8-4-3-5-9-20)17-24-27-22-11-7-6-10-21(22)14-15-26(27)38-33(37)29(24)30(28)32(34)36/h3-17,23,28-30H,1-2H3/t23-,28-,29+,30-/m0/s1. The van der Waals surface area contributed by atoms with Crippen LogP contribution in [0.4, 0.5) is 5.69 Å². The average molecular weight is 500 g/mol. The van der Waals surface area contributed by atoms with Gasteiger partial charge in [0.1, 0.15) is 5.75 Å². The smallest absolute Gasteiger partial charge is 0.319 e. The van der Waals surface area contributed by atoms with Gasteiger partial charge in [-0.3, -0.25) is 14.4 Å². The Labute approximate surface area is 220 Å². The molecule has 5 heteroatoms. The van der Waals surface area contributed by atoms with E-state index < -0.39 is 23.7 Å². The van der Waals surface area contributed by atoms with Crippen LogP contribution < -0.4 is 9.64 Å². The zero-order valence-electron chi connectivity index (χ0n) is 21.0. The van der Waals surface area contributed by atoms with Crippen LogP contribution in [-0.4, -0.2) is 17.8 Å². The van der Waals surface area contributed by atoms with E-state index >= 15 is 0 Å². The number of amides is 2. The Morgan fingerprint density at radius 3 is 2.32 bits per heavy atom. The van der Waals surface area contributed by atoms with E-state index in [0.717, 1.165) is 38.6 Å². The molecule has 0 unspecified atom stereocenters. The van der Waals surface area contributed by atoms with Gasteiger partial charge in [0.25, 0.3) is 0 Å². The molecular formula is C33H25NO4. The first-order valence-corrected chi connectivity index (χ1v) is 12.9. The van der Waals surface area contributed by atoms with E-state index in [9.17, 15) is 14.4 Å². The molecule has 2 aliphatic heterocycles. The fraction of sp³-hybridized carbons (Fsp3) is 0.182. The van der Waals surface area contributed by atoms with E-state index in [1.807, 2.05) is 105 Å². The van der Waals surface area contributed by atoms with Gasteiger partial charge in [-0.25, -0.2) is 4.90 Å². The van der Waals surface area contributed by atoms with Crippen molar-refractivity contribution < 1.29 is 19.1 Å². The van der Waals surface area contributed by atoms with Crippen molar-refractivity contribution in [1.82, 2.24) is 0 Å². The molecule has 186 valence electrons. The molecule has 1 saturated heterocycles. The fourth-order valence-electron chi connectivity index (χ4n) is 6.53. The number of carbonyl (C=O) groups excluding carboxylic acids is 3. The van der Waals surface area contributed by atoms with Crippen molar-refractivity contribution in [3.63, 3.8) is 0 Å². The summed E-state index contributed by atoms with van der Waals surface area (Å²) in [6.45, 7) is 3.83. The van der Waals surface area contributed by atoms with Crippen LogP contribution in [0.2, 0.25) is 0 Å². The number of benzene rings is 4. The van der Waals surface area contributed by atoms with E-state index in [1.165, 1.54) is 4.90 Å². The minimum Gasteiger partial charge on any atom is -0.425 e. The van der Waals surface area contributed by atoms with Crippen LogP contribution in [0.5, 0.6) is 5.75 Å². The first kappa shape index (κ1) is 22.7. The molecule has 4 atom stereocenters. The van der Waals surface area contributed by atoms with E-state index in [1.54, 1.807) is 0 Å². The van der Waals surface area contributed by atoms with Crippen molar-refractivity contribution in [3.8, 4) is 5.75 Å². The molecule has 2 heterocycles. The van der Waals surface area contributed by atoms with Gasteiger partial charge in [0.2, 0.25) is 11.8 Å². The third-order valence-corrected chi connectivity index (χ3v) is 8.27. The molecule has 7 rings (SSSR count). The van der Waals surface area contributed by atoms with E-state index in [2.05, 4.69) is 0 Å². The lowest BCUT2D eigenvalue weighted by molar-refractivity contribution is -0.142. The number of esters is 1. The first-order valence-electron chi connectivity index (χ1n) is 12.9. The Hall–Kier alpha value is -4.51. The molecule has 38 heavy (non-hydrogen) atoms. The lowest BCUT2D eigenvalue weighted by Crippen LogP contribution is -2.42. The lowest BCUT2D eigenvalue weighted by atomic mass is 9.64. The first-order chi connectivity index (χ1) is 18.4. The monoisotopic (exact) mass is 499 g/mol. The average Bonchev–Trinajstić information content (AvgIpc) is 3.19. The minimum atomic E-state index is -0.857. The third kappa shape index (κ3) is 3.14. The van der Waals surface area contributed by atoms with Gasteiger partial charge in [0.15, 0.2) is 0 Å². The van der Waals surface area contributed by atoms with Crippen molar-refractivity contribution in [1.29, 1.82) is 0 Å². The molecule has 0 N–H and O–H groups in total. The molecule has 1 aliphatic carbocycles. The summed E-state index contributed by atoms with van der Waals surface area (Å²) in [4.78, 5) is 43.3. The second-order valence-corrected chi connectivity index (χ2v) is 10.5. The van der Waals surface area contributed by atoms with Gasteiger partial charge in [0.05, 0.1) is 23.4 Å². The van der Waals surface area contributed by atoms with Gasteiger partial charge in [0, 0.05) is 11.5 Å². The number of fused-ring (bicyclic) bond motifs is 7. The summed E-state index contributed by atoms with van der Waals surface area (Å²) in [7, 11) is 0. The molecule has 0 spiro atoms. The minimum absolute atomic E-state index is 0.269. The number of allylic oxidation sites excluding steroid dienone is 1. The molecule has 0 radical (unpaired) electrons. The van der Waals surface area contributed by atoms with Gasteiger partial charge < -0.3 is 4.74 Å². The van der Waals surface area contributed by atoms with Crippen molar-refractivity contribution >= 4 is 39.8 Å². The molecule has 4 aromatic rings. The van der Waals surface area contributed by atoms with Crippen LogP contribution in [0, 0.1) is 31.6 Å². The van der Waals surface area contributed by atoms with Gasteiger partial charge in [-0.15, -0.1) is 0 Å². The van der Waals surface area contributed by atoms with Crippen LogP contribution in [0.15, 0.2) is 91.0 Å². The fourth-order valence-corrected chi connectivity index (χ4v) is 6.53. The van der Waals surface area contributed by atoms with Gasteiger partial charge in [-0.2, -0.15) is 0 Å². The molecule has 4 aromatic carbocycles. The summed E-state index contributed by atoms with van der Waals surface area (Å²) < 4.78 is 5.86. The van der Waals surface area contributed by atoms with Crippen molar-refractivity contribution in [3.05, 3.63) is 113 Å². The molecule has 0 bridgehead atoms. The summed E-state index contributed by atoms with van der Waals surface area (Å²) in [6.07, 6.45) is 2.05. The number of hydrogen-bond acceptors (Lipinski definition) is 4. The number of carbonyl (C=O) groups is 3. The number of anilines is 1. The quantitative estimate of drug-likeness (QED) is 0.193. The zero-order chi connectivity index (χ0) is 26.1. The summed E-state index contributed by atoms with van der Waals surface area (Å²) in [5.41, 5.74) is 4.92. The topological polar surface area (TPSA) is 63.7 Å². The van der Waals surface area contributed by atoms with Crippen molar-refractivity contribution in [2.45, 2.75) is 19.8 Å². The normalized spacial score (nSPS) is 24.0. The Balaban J connectivity index is 1.48. The maximum absolute atomic E-state index is 14.2. The maximum Gasteiger partial charge on any atom is 0.319 e. The predicted octanol–water partition coefficient (Wildman–Crippen LogP) is 5.98. The Morgan fingerprint density at radius 1 is 0.763 bits per heavy atom. The number of rotatable bonds is 2. The van der Waals surface area contributed by atoms with Crippen LogP contribution in [0.1, 0.15) is 28.2 Å². The molecule has 0 saturated carbocycles. The largest absolute Gasteiger partial charge is 0.425 e.